The smallest absolute Gasteiger partial charge is 0.399 e. The predicted octanol–water partition coefficient (Wildman–Crippen LogP) is 1.41. The zero-order valence-corrected chi connectivity index (χ0v) is 7.18. The van der Waals surface area contributed by atoms with Crippen molar-refractivity contribution in [2.24, 2.45) is 5.73 Å². The lowest BCUT2D eigenvalue weighted by atomic mass is 10.0. The summed E-state index contributed by atoms with van der Waals surface area (Å²) >= 11 is 0. The minimum atomic E-state index is -4.51. The largest absolute Gasteiger partial charge is 0.407 e. The molecule has 6 heteroatoms. The summed E-state index contributed by atoms with van der Waals surface area (Å²) in [6.45, 7) is 0. The first-order chi connectivity index (χ1) is 6.32. The first-order valence-electron chi connectivity index (χ1n) is 3.79. The Bertz CT molecular complexity index is 335. The van der Waals surface area contributed by atoms with E-state index in [0.717, 1.165) is 6.07 Å². The molecule has 0 amide bonds. The lowest BCUT2D eigenvalue weighted by Crippen LogP contribution is -2.29. The molecule has 0 aliphatic rings. The van der Waals surface area contributed by atoms with Crippen LogP contribution in [0.4, 0.5) is 24.5 Å². The molecule has 78 valence electrons. The Hall–Kier alpha value is -1.43. The SMILES string of the molecule is Nc1ccc(N)c([C@@H](N)C(F)(F)F)c1. The molecule has 0 bridgehead atoms. The van der Waals surface area contributed by atoms with Crippen LogP contribution in [-0.4, -0.2) is 6.18 Å². The summed E-state index contributed by atoms with van der Waals surface area (Å²) in [4.78, 5) is 0. The van der Waals surface area contributed by atoms with Crippen molar-refractivity contribution in [2.45, 2.75) is 12.2 Å². The zero-order chi connectivity index (χ0) is 10.9. The van der Waals surface area contributed by atoms with Gasteiger partial charge in [0, 0.05) is 16.9 Å². The number of nitrogens with two attached hydrogens (primary N) is 3. The van der Waals surface area contributed by atoms with E-state index in [1.54, 1.807) is 0 Å². The van der Waals surface area contributed by atoms with E-state index in [0.29, 0.717) is 0 Å². The van der Waals surface area contributed by atoms with Crippen molar-refractivity contribution in [2.75, 3.05) is 11.5 Å². The Morgan fingerprint density at radius 3 is 2.21 bits per heavy atom. The van der Waals surface area contributed by atoms with Gasteiger partial charge in [0.05, 0.1) is 0 Å². The number of hydrogen-bond donors (Lipinski definition) is 3. The number of halogens is 3. The molecule has 0 saturated heterocycles. The molecule has 14 heavy (non-hydrogen) atoms. The first-order valence-corrected chi connectivity index (χ1v) is 3.79. The molecule has 0 radical (unpaired) electrons. The van der Waals surface area contributed by atoms with E-state index in [1.807, 2.05) is 0 Å². The third-order valence-corrected chi connectivity index (χ3v) is 1.80. The highest BCUT2D eigenvalue weighted by Gasteiger charge is 2.38. The molecule has 3 nitrogen and oxygen atoms in total. The van der Waals surface area contributed by atoms with Crippen molar-refractivity contribution in [3.8, 4) is 0 Å². The molecule has 0 fully saturated rings. The highest BCUT2D eigenvalue weighted by atomic mass is 19.4. The molecule has 0 aliphatic carbocycles. The summed E-state index contributed by atoms with van der Waals surface area (Å²) in [5, 5.41) is 0. The van der Waals surface area contributed by atoms with Crippen LogP contribution in [0.25, 0.3) is 0 Å². The second kappa shape index (κ2) is 3.38. The van der Waals surface area contributed by atoms with Gasteiger partial charge in [0.15, 0.2) is 0 Å². The van der Waals surface area contributed by atoms with E-state index < -0.39 is 12.2 Å². The average molecular weight is 205 g/mol. The van der Waals surface area contributed by atoms with E-state index in [1.165, 1.54) is 12.1 Å². The van der Waals surface area contributed by atoms with E-state index in [4.69, 9.17) is 17.2 Å². The van der Waals surface area contributed by atoms with Crippen molar-refractivity contribution in [3.05, 3.63) is 23.8 Å². The van der Waals surface area contributed by atoms with Crippen molar-refractivity contribution < 1.29 is 13.2 Å². The van der Waals surface area contributed by atoms with E-state index in [-0.39, 0.29) is 16.9 Å². The van der Waals surface area contributed by atoms with Gasteiger partial charge in [-0.2, -0.15) is 13.2 Å². The predicted molar refractivity (Wildman–Crippen MR) is 48.3 cm³/mol. The molecule has 0 spiro atoms. The fourth-order valence-electron chi connectivity index (χ4n) is 1.04. The van der Waals surface area contributed by atoms with Crippen LogP contribution in [-0.2, 0) is 0 Å². The number of nitrogen functional groups attached to an aromatic ring is 2. The Labute approximate surface area is 78.7 Å². The lowest BCUT2D eigenvalue weighted by Gasteiger charge is -2.17. The van der Waals surface area contributed by atoms with Crippen LogP contribution in [0, 0.1) is 0 Å². The molecule has 1 aromatic rings. The van der Waals surface area contributed by atoms with Gasteiger partial charge in [-0.05, 0) is 18.2 Å². The van der Waals surface area contributed by atoms with E-state index in [9.17, 15) is 13.2 Å². The Balaban J connectivity index is 3.12. The van der Waals surface area contributed by atoms with Gasteiger partial charge in [0.1, 0.15) is 6.04 Å². The molecule has 0 heterocycles. The highest BCUT2D eigenvalue weighted by molar-refractivity contribution is 5.56. The average Bonchev–Trinajstić information content (AvgIpc) is 2.06. The van der Waals surface area contributed by atoms with Gasteiger partial charge in [-0.25, -0.2) is 0 Å². The van der Waals surface area contributed by atoms with Gasteiger partial charge in [-0.1, -0.05) is 0 Å². The highest BCUT2D eigenvalue weighted by Crippen LogP contribution is 2.33. The van der Waals surface area contributed by atoms with Gasteiger partial charge in [0.25, 0.3) is 0 Å². The summed E-state index contributed by atoms with van der Waals surface area (Å²) in [6.07, 6.45) is -4.51. The maximum Gasteiger partial charge on any atom is 0.407 e. The Morgan fingerprint density at radius 1 is 1.14 bits per heavy atom. The number of rotatable bonds is 1. The minimum absolute atomic E-state index is 0.0102. The van der Waals surface area contributed by atoms with Crippen LogP contribution in [0.2, 0.25) is 0 Å². The number of alkyl halides is 3. The molecule has 0 aliphatic heterocycles. The van der Waals surface area contributed by atoms with Crippen LogP contribution in [0.1, 0.15) is 11.6 Å². The quantitative estimate of drug-likeness (QED) is 0.606. The standard InChI is InChI=1S/C8H10F3N3/c9-8(10,11)7(14)5-3-4(12)1-2-6(5)13/h1-3,7H,12-14H2/t7-/m1/s1. The molecule has 0 unspecified atom stereocenters. The van der Waals surface area contributed by atoms with Gasteiger partial charge in [0.2, 0.25) is 0 Å². The Kier molecular flexibility index (Phi) is 2.57. The molecule has 1 atom stereocenters. The third kappa shape index (κ3) is 2.08. The van der Waals surface area contributed by atoms with E-state index in [2.05, 4.69) is 0 Å². The summed E-state index contributed by atoms with van der Waals surface area (Å²) in [5.74, 6) is 0. The summed E-state index contributed by atoms with van der Waals surface area (Å²) < 4.78 is 36.7. The van der Waals surface area contributed by atoms with Crippen LogP contribution in [0.3, 0.4) is 0 Å². The first kappa shape index (κ1) is 10.6. The van der Waals surface area contributed by atoms with Gasteiger partial charge in [-0.15, -0.1) is 0 Å². The molecular formula is C8H10F3N3. The fourth-order valence-corrected chi connectivity index (χ4v) is 1.04. The summed E-state index contributed by atoms with van der Waals surface area (Å²) in [5.41, 5.74) is 15.7. The van der Waals surface area contributed by atoms with Crippen LogP contribution >= 0.6 is 0 Å². The molecule has 1 aromatic carbocycles. The number of benzene rings is 1. The zero-order valence-electron chi connectivity index (χ0n) is 7.18. The fraction of sp³-hybridized carbons (Fsp3) is 0.250. The second-order valence-electron chi connectivity index (χ2n) is 2.91. The summed E-state index contributed by atoms with van der Waals surface area (Å²) in [7, 11) is 0. The van der Waals surface area contributed by atoms with Gasteiger partial charge >= 0.3 is 6.18 Å². The van der Waals surface area contributed by atoms with Crippen molar-refractivity contribution >= 4 is 11.4 Å². The van der Waals surface area contributed by atoms with Gasteiger partial charge in [-0.3, -0.25) is 0 Å². The normalized spacial score (nSPS) is 14.0. The lowest BCUT2D eigenvalue weighted by molar-refractivity contribution is -0.149. The summed E-state index contributed by atoms with van der Waals surface area (Å²) in [6, 6.07) is 1.76. The molecule has 0 aromatic heterocycles. The van der Waals surface area contributed by atoms with Gasteiger partial charge < -0.3 is 17.2 Å². The number of hydrogen-bond acceptors (Lipinski definition) is 3. The Morgan fingerprint density at radius 2 is 1.71 bits per heavy atom. The third-order valence-electron chi connectivity index (χ3n) is 1.80. The van der Waals surface area contributed by atoms with Crippen LogP contribution < -0.4 is 17.2 Å². The number of anilines is 2. The van der Waals surface area contributed by atoms with E-state index >= 15 is 0 Å². The molecular weight excluding hydrogens is 195 g/mol. The van der Waals surface area contributed by atoms with Crippen LogP contribution in [0.15, 0.2) is 18.2 Å². The van der Waals surface area contributed by atoms with Crippen molar-refractivity contribution in [3.63, 3.8) is 0 Å². The second-order valence-corrected chi connectivity index (χ2v) is 2.91. The van der Waals surface area contributed by atoms with Crippen molar-refractivity contribution in [1.29, 1.82) is 0 Å². The monoisotopic (exact) mass is 205 g/mol. The van der Waals surface area contributed by atoms with Crippen molar-refractivity contribution in [1.82, 2.24) is 0 Å². The topological polar surface area (TPSA) is 78.1 Å². The molecule has 1 rings (SSSR count). The maximum atomic E-state index is 12.2. The maximum absolute atomic E-state index is 12.2. The molecule has 0 saturated carbocycles. The van der Waals surface area contributed by atoms with Crippen LogP contribution in [0.5, 0.6) is 0 Å². The minimum Gasteiger partial charge on any atom is -0.399 e. The molecule has 6 N–H and O–H groups in total.